The first-order chi connectivity index (χ1) is 27.0. The fourth-order valence-electron chi connectivity index (χ4n) is 7.22. The number of aromatic amines is 1. The number of nitrogens with one attached hydrogen (secondary N) is 4. The third-order valence-corrected chi connectivity index (χ3v) is 10.4. The van der Waals surface area contributed by atoms with Crippen molar-refractivity contribution in [1.29, 1.82) is 0 Å². The van der Waals surface area contributed by atoms with Crippen molar-refractivity contribution in [2.45, 2.75) is 50.3 Å². The molecule has 290 valence electrons. The number of fused-ring (bicyclic) bond motifs is 1. The summed E-state index contributed by atoms with van der Waals surface area (Å²) in [6, 6.07) is 17.1. The minimum absolute atomic E-state index is 0.00575. The molecule has 2 aromatic heterocycles. The van der Waals surface area contributed by atoms with Crippen LogP contribution >= 0.6 is 11.6 Å². The van der Waals surface area contributed by atoms with Crippen molar-refractivity contribution in [2.24, 2.45) is 0 Å². The number of benzene rings is 3. The number of hydrogen-bond donors (Lipinski definition) is 5. The average molecular weight is 783 g/mol. The Bertz CT molecular complexity index is 2250. The van der Waals surface area contributed by atoms with Crippen molar-refractivity contribution >= 4 is 69.2 Å². The Hall–Kier alpha value is -6.17. The summed E-state index contributed by atoms with van der Waals surface area (Å²) in [4.78, 5) is 72.1. The zero-order valence-electron chi connectivity index (χ0n) is 30.3. The van der Waals surface area contributed by atoms with Gasteiger partial charge in [0.25, 0.3) is 0 Å². The van der Waals surface area contributed by atoms with Crippen LogP contribution in [0, 0.1) is 0 Å². The molecule has 0 radical (unpaired) electrons. The van der Waals surface area contributed by atoms with Gasteiger partial charge < -0.3 is 35.7 Å². The number of carboxylic acid groups (broad SMARTS) is 1. The standard InChI is InChI=1S/C38H39ClN10O7/c1-56-28-10-8-26(9-11-28)47-14-15-48(34(50)20-47)27-6-2-22(3-7-27)16-31(35(51)41-25-5-12-29-23(17-25)18-32(42-29)38(54)55)44-37(53)36(52)43-30-19-24(39)4-13-33(30)49-21-40-45-46-49/h2-7,12-13,17-19,21,26,28,31,42H,8-11,14-16,20H2,1H3,(H,41,51)(H,43,52)(H,44,53)(H,54,55)/t26?,28?,31-/m0/s1. The van der Waals surface area contributed by atoms with Gasteiger partial charge in [-0.1, -0.05) is 23.7 Å². The SMILES string of the molecule is COC1CCC(N2CCN(c3ccc(C[C@H](NC(=O)C(=O)Nc4cc(Cl)ccc4-n4cnnn4)C(=O)Nc4ccc5[nH]c(C(=O)O)cc5c4)cc3)C(=O)C2)CC1. The third-order valence-electron chi connectivity index (χ3n) is 10.2. The number of H-pyrrole nitrogens is 1. The molecule has 1 saturated carbocycles. The molecule has 1 saturated heterocycles. The normalized spacial score (nSPS) is 18.0. The molecule has 5 aromatic rings. The summed E-state index contributed by atoms with van der Waals surface area (Å²) in [5.41, 5.74) is 2.74. The Morgan fingerprint density at radius 3 is 2.45 bits per heavy atom. The molecular formula is C38H39ClN10O7. The molecule has 18 heteroatoms. The highest BCUT2D eigenvalue weighted by molar-refractivity contribution is 6.40. The molecule has 56 heavy (non-hydrogen) atoms. The number of piperazine rings is 1. The molecule has 0 spiro atoms. The van der Waals surface area contributed by atoms with E-state index in [9.17, 15) is 29.1 Å². The molecule has 5 N–H and O–H groups in total. The fraction of sp³-hybridized carbons (Fsp3) is 0.316. The van der Waals surface area contributed by atoms with Crippen LogP contribution in [0.15, 0.2) is 73.1 Å². The maximum atomic E-state index is 13.8. The van der Waals surface area contributed by atoms with Gasteiger partial charge in [-0.05, 0) is 96.3 Å². The molecule has 7 rings (SSSR count). The van der Waals surface area contributed by atoms with Crippen LogP contribution < -0.4 is 20.9 Å². The monoisotopic (exact) mass is 782 g/mol. The Morgan fingerprint density at radius 2 is 1.75 bits per heavy atom. The number of aromatic nitrogens is 5. The number of nitrogens with zero attached hydrogens (tertiary/aromatic N) is 6. The molecule has 0 unspecified atom stereocenters. The van der Waals surface area contributed by atoms with Crippen LogP contribution in [0.2, 0.25) is 5.02 Å². The van der Waals surface area contributed by atoms with E-state index in [2.05, 4.69) is 41.4 Å². The molecular weight excluding hydrogens is 744 g/mol. The van der Waals surface area contributed by atoms with E-state index >= 15 is 0 Å². The molecule has 1 aliphatic heterocycles. The lowest BCUT2D eigenvalue weighted by atomic mass is 9.91. The second-order valence-corrected chi connectivity index (χ2v) is 14.2. The summed E-state index contributed by atoms with van der Waals surface area (Å²) < 4.78 is 6.79. The number of amides is 4. The van der Waals surface area contributed by atoms with Gasteiger partial charge in [-0.2, -0.15) is 4.68 Å². The van der Waals surface area contributed by atoms with Crippen LogP contribution in [-0.4, -0.2) is 110 Å². The van der Waals surface area contributed by atoms with E-state index in [0.717, 1.165) is 32.2 Å². The molecule has 2 fully saturated rings. The van der Waals surface area contributed by atoms with Crippen LogP contribution in [0.3, 0.4) is 0 Å². The molecule has 3 aromatic carbocycles. The van der Waals surface area contributed by atoms with Gasteiger partial charge in [0.15, 0.2) is 0 Å². The number of anilines is 3. The van der Waals surface area contributed by atoms with Gasteiger partial charge in [-0.15, -0.1) is 5.10 Å². The number of carbonyl (C=O) groups is 5. The van der Waals surface area contributed by atoms with Crippen LogP contribution in [0.5, 0.6) is 0 Å². The maximum Gasteiger partial charge on any atom is 0.352 e. The van der Waals surface area contributed by atoms with Gasteiger partial charge in [0.2, 0.25) is 11.8 Å². The molecule has 3 heterocycles. The highest BCUT2D eigenvalue weighted by Crippen LogP contribution is 2.28. The van der Waals surface area contributed by atoms with Gasteiger partial charge in [-0.3, -0.25) is 24.1 Å². The molecule has 0 bridgehead atoms. The number of carbonyl (C=O) groups excluding carboxylic acids is 4. The number of ether oxygens (including phenoxy) is 1. The third kappa shape index (κ3) is 8.70. The minimum atomic E-state index is -1.24. The van der Waals surface area contributed by atoms with Gasteiger partial charge in [0.1, 0.15) is 18.1 Å². The Balaban J connectivity index is 1.06. The molecule has 17 nitrogen and oxygen atoms in total. The number of hydrogen-bond acceptors (Lipinski definition) is 10. The van der Waals surface area contributed by atoms with E-state index in [0.29, 0.717) is 52.7 Å². The van der Waals surface area contributed by atoms with Crippen LogP contribution in [-0.2, 0) is 30.3 Å². The zero-order chi connectivity index (χ0) is 39.3. The number of carboxylic acids is 1. The molecule has 1 aliphatic carbocycles. The number of methoxy groups -OCH3 is 1. The summed E-state index contributed by atoms with van der Waals surface area (Å²) >= 11 is 6.18. The summed E-state index contributed by atoms with van der Waals surface area (Å²) in [5, 5.41) is 29.1. The quantitative estimate of drug-likeness (QED) is 0.122. The van der Waals surface area contributed by atoms with E-state index in [-0.39, 0.29) is 34.8 Å². The lowest BCUT2D eigenvalue weighted by Crippen LogP contribution is -2.54. The van der Waals surface area contributed by atoms with Crippen LogP contribution in [0.1, 0.15) is 41.7 Å². The van der Waals surface area contributed by atoms with Crippen molar-refractivity contribution in [1.82, 2.24) is 35.4 Å². The average Bonchev–Trinajstić information content (AvgIpc) is 3.89. The fourth-order valence-corrected chi connectivity index (χ4v) is 7.39. The van der Waals surface area contributed by atoms with Crippen molar-refractivity contribution in [3.63, 3.8) is 0 Å². The minimum Gasteiger partial charge on any atom is -0.477 e. The highest BCUT2D eigenvalue weighted by atomic mass is 35.5. The number of halogens is 1. The predicted molar refractivity (Wildman–Crippen MR) is 206 cm³/mol. The van der Waals surface area contributed by atoms with E-state index in [1.54, 1.807) is 66.6 Å². The number of aromatic carboxylic acids is 1. The van der Waals surface area contributed by atoms with E-state index in [1.807, 2.05) is 0 Å². The second kappa shape index (κ2) is 16.7. The van der Waals surface area contributed by atoms with Crippen molar-refractivity contribution in [2.75, 3.05) is 42.3 Å². The van der Waals surface area contributed by atoms with Crippen molar-refractivity contribution in [3.8, 4) is 5.69 Å². The predicted octanol–water partition coefficient (Wildman–Crippen LogP) is 3.41. The van der Waals surface area contributed by atoms with Gasteiger partial charge >= 0.3 is 17.8 Å². The maximum absolute atomic E-state index is 13.8. The Morgan fingerprint density at radius 1 is 0.964 bits per heavy atom. The highest BCUT2D eigenvalue weighted by Gasteiger charge is 2.32. The van der Waals surface area contributed by atoms with Crippen LogP contribution in [0.25, 0.3) is 16.6 Å². The van der Waals surface area contributed by atoms with Crippen molar-refractivity contribution in [3.05, 3.63) is 89.3 Å². The van der Waals surface area contributed by atoms with Gasteiger partial charge in [-0.25, -0.2) is 4.79 Å². The topological polar surface area (TPSA) is 217 Å². The molecule has 4 amide bonds. The smallest absolute Gasteiger partial charge is 0.352 e. The number of tetrazole rings is 1. The van der Waals surface area contributed by atoms with Gasteiger partial charge in [0, 0.05) is 60.0 Å². The molecule has 1 atom stereocenters. The molecule has 2 aliphatic rings. The van der Waals surface area contributed by atoms with Crippen molar-refractivity contribution < 1.29 is 33.8 Å². The first kappa shape index (κ1) is 38.1. The number of rotatable bonds is 11. The first-order valence-electron chi connectivity index (χ1n) is 18.0. The zero-order valence-corrected chi connectivity index (χ0v) is 31.0. The van der Waals surface area contributed by atoms with Crippen LogP contribution in [0.4, 0.5) is 17.1 Å². The largest absolute Gasteiger partial charge is 0.477 e. The van der Waals surface area contributed by atoms with E-state index in [1.165, 1.54) is 23.1 Å². The Kier molecular flexibility index (Phi) is 11.4. The van der Waals surface area contributed by atoms with E-state index in [4.69, 9.17) is 16.3 Å². The summed E-state index contributed by atoms with van der Waals surface area (Å²) in [5.74, 6) is -3.93. The Labute approximate surface area is 325 Å². The van der Waals surface area contributed by atoms with E-state index < -0.39 is 29.7 Å². The lowest BCUT2D eigenvalue weighted by molar-refractivity contribution is -0.137. The lowest BCUT2D eigenvalue weighted by Gasteiger charge is -2.41. The first-order valence-corrected chi connectivity index (χ1v) is 18.4. The van der Waals surface area contributed by atoms with Gasteiger partial charge in [0.05, 0.1) is 24.0 Å². The summed E-state index contributed by atoms with van der Waals surface area (Å²) in [6.45, 7) is 1.63. The summed E-state index contributed by atoms with van der Waals surface area (Å²) in [6.07, 6.45) is 5.56. The summed E-state index contributed by atoms with van der Waals surface area (Å²) in [7, 11) is 1.74. The second-order valence-electron chi connectivity index (χ2n) is 13.7.